The lowest BCUT2D eigenvalue weighted by Crippen LogP contribution is -2.26. The molecular weight excluding hydrogens is 280 g/mol. The van der Waals surface area contributed by atoms with Crippen molar-refractivity contribution in [2.24, 2.45) is 0 Å². The maximum absolute atomic E-state index is 11.4. The van der Waals surface area contributed by atoms with E-state index in [1.54, 1.807) is 10.8 Å². The molecule has 0 aromatic rings. The maximum atomic E-state index is 11.4. The van der Waals surface area contributed by atoms with Crippen LogP contribution < -0.4 is 10.6 Å². The van der Waals surface area contributed by atoms with Gasteiger partial charge in [-0.2, -0.15) is 0 Å². The molecule has 0 aliphatic carbocycles. The summed E-state index contributed by atoms with van der Waals surface area (Å²) in [5.41, 5.74) is 0. The summed E-state index contributed by atoms with van der Waals surface area (Å²) in [5.74, 6) is 2.10. The second-order valence-corrected chi connectivity index (χ2v) is 7.20. The number of nitrogens with one attached hydrogen (secondary N) is 2. The van der Waals surface area contributed by atoms with Crippen LogP contribution in [0.3, 0.4) is 0 Å². The summed E-state index contributed by atoms with van der Waals surface area (Å²) in [6.07, 6.45) is 1.21. The minimum atomic E-state index is -0.0196. The zero-order valence-electron chi connectivity index (χ0n) is 12.2. The summed E-state index contributed by atoms with van der Waals surface area (Å²) < 4.78 is 0. The first-order valence-electron chi connectivity index (χ1n) is 6.82. The van der Waals surface area contributed by atoms with E-state index in [-0.39, 0.29) is 11.7 Å². The van der Waals surface area contributed by atoms with Crippen LogP contribution in [0.1, 0.15) is 40.0 Å². The molecule has 19 heavy (non-hydrogen) atoms. The fourth-order valence-corrected chi connectivity index (χ4v) is 3.09. The fraction of sp³-hybridized carbons (Fsp3) is 0.846. The van der Waals surface area contributed by atoms with Gasteiger partial charge < -0.3 is 10.6 Å². The molecule has 112 valence electrons. The Balaban J connectivity index is 3.25. The Morgan fingerprint density at radius 1 is 1.05 bits per heavy atom. The Morgan fingerprint density at radius 2 is 1.68 bits per heavy atom. The van der Waals surface area contributed by atoms with Crippen molar-refractivity contribution >= 4 is 33.3 Å². The van der Waals surface area contributed by atoms with Gasteiger partial charge in [-0.1, -0.05) is 42.4 Å². The van der Waals surface area contributed by atoms with Crippen molar-refractivity contribution in [3.63, 3.8) is 0 Å². The van der Waals surface area contributed by atoms with Crippen molar-refractivity contribution in [2.45, 2.75) is 46.1 Å². The lowest BCUT2D eigenvalue weighted by atomic mass is 10.2. The zero-order chi connectivity index (χ0) is 14.5. The molecule has 0 atom stereocenters. The van der Waals surface area contributed by atoms with Gasteiger partial charge in [0.2, 0.25) is 5.91 Å². The second-order valence-electron chi connectivity index (χ2n) is 4.49. The van der Waals surface area contributed by atoms with E-state index in [0.29, 0.717) is 31.8 Å². The highest BCUT2D eigenvalue weighted by molar-refractivity contribution is 8.76. The molecule has 0 rings (SSSR count). The summed E-state index contributed by atoms with van der Waals surface area (Å²) in [5, 5.41) is 6.18. The lowest BCUT2D eigenvalue weighted by molar-refractivity contribution is -0.125. The number of hydrogen-bond donors (Lipinski definition) is 2. The van der Waals surface area contributed by atoms with Crippen LogP contribution in [-0.2, 0) is 9.59 Å². The van der Waals surface area contributed by atoms with E-state index in [4.69, 9.17) is 0 Å². The summed E-state index contributed by atoms with van der Waals surface area (Å²) in [6, 6.07) is 0.538. The molecule has 4 nitrogen and oxygen atoms in total. The van der Waals surface area contributed by atoms with Crippen LogP contribution in [-0.4, -0.2) is 42.3 Å². The Morgan fingerprint density at radius 3 is 2.26 bits per heavy atom. The lowest BCUT2D eigenvalue weighted by Gasteiger charge is -2.07. The standard InChI is InChI=1S/C13H26N2O2S2/c1-4-12(16)5-6-13(17)15-8-10-19-18-9-7-14-11(2)3/h11,14H,4-10H2,1-3H3,(H,15,17). The molecule has 1 amide bonds. The van der Waals surface area contributed by atoms with E-state index in [0.717, 1.165) is 18.1 Å². The minimum Gasteiger partial charge on any atom is -0.355 e. The average Bonchev–Trinajstić information content (AvgIpc) is 2.38. The Hall–Kier alpha value is -0.200. The summed E-state index contributed by atoms with van der Waals surface area (Å²) in [4.78, 5) is 22.4. The van der Waals surface area contributed by atoms with Crippen molar-refractivity contribution < 1.29 is 9.59 Å². The van der Waals surface area contributed by atoms with Crippen molar-refractivity contribution in [3.05, 3.63) is 0 Å². The molecule has 0 radical (unpaired) electrons. The highest BCUT2D eigenvalue weighted by Crippen LogP contribution is 2.19. The molecule has 0 aromatic heterocycles. The minimum absolute atomic E-state index is 0.0196. The van der Waals surface area contributed by atoms with Crippen molar-refractivity contribution in [1.29, 1.82) is 0 Å². The largest absolute Gasteiger partial charge is 0.355 e. The monoisotopic (exact) mass is 306 g/mol. The highest BCUT2D eigenvalue weighted by atomic mass is 33.1. The third-order valence-corrected chi connectivity index (χ3v) is 4.76. The molecule has 0 aliphatic heterocycles. The quantitative estimate of drug-likeness (QED) is 0.428. The molecule has 0 fully saturated rings. The van der Waals surface area contributed by atoms with Crippen LogP contribution in [0.25, 0.3) is 0 Å². The Kier molecular flexibility index (Phi) is 12.7. The number of ketones is 1. The fourth-order valence-electron chi connectivity index (χ4n) is 1.26. The summed E-state index contributed by atoms with van der Waals surface area (Å²) in [6.45, 7) is 7.78. The molecule has 2 N–H and O–H groups in total. The number of hydrogen-bond acceptors (Lipinski definition) is 5. The predicted molar refractivity (Wildman–Crippen MR) is 85.6 cm³/mol. The molecule has 0 saturated carbocycles. The third-order valence-electron chi connectivity index (χ3n) is 2.35. The van der Waals surface area contributed by atoms with E-state index in [9.17, 15) is 9.59 Å². The SMILES string of the molecule is CCC(=O)CCC(=O)NCCSSCCNC(C)C. The van der Waals surface area contributed by atoms with Crippen molar-refractivity contribution in [3.8, 4) is 0 Å². The Bertz CT molecular complexity index is 261. The molecule has 0 saturated heterocycles. The van der Waals surface area contributed by atoms with E-state index in [2.05, 4.69) is 24.5 Å². The second kappa shape index (κ2) is 12.8. The van der Waals surface area contributed by atoms with Crippen molar-refractivity contribution in [2.75, 3.05) is 24.6 Å². The first-order valence-corrected chi connectivity index (χ1v) is 9.31. The molecular formula is C13H26N2O2S2. The van der Waals surface area contributed by atoms with Gasteiger partial charge in [0.05, 0.1) is 0 Å². The molecule has 0 aromatic carbocycles. The van der Waals surface area contributed by atoms with E-state index >= 15 is 0 Å². The van der Waals surface area contributed by atoms with Gasteiger partial charge in [0, 0.05) is 49.9 Å². The van der Waals surface area contributed by atoms with Crippen LogP contribution in [0.2, 0.25) is 0 Å². The van der Waals surface area contributed by atoms with Gasteiger partial charge in [0.25, 0.3) is 0 Å². The van der Waals surface area contributed by atoms with E-state index in [1.807, 2.05) is 17.7 Å². The first-order chi connectivity index (χ1) is 9.06. The number of carbonyl (C=O) groups is 2. The molecule has 6 heteroatoms. The van der Waals surface area contributed by atoms with Crippen molar-refractivity contribution in [1.82, 2.24) is 10.6 Å². The number of amides is 1. The summed E-state index contributed by atoms with van der Waals surface area (Å²) >= 11 is 0. The topological polar surface area (TPSA) is 58.2 Å². The van der Waals surface area contributed by atoms with Crippen LogP contribution in [0.15, 0.2) is 0 Å². The number of Topliss-reactive ketones (excluding diaryl/α,β-unsaturated/α-hetero) is 1. The maximum Gasteiger partial charge on any atom is 0.220 e. The van der Waals surface area contributed by atoms with Crippen LogP contribution in [0, 0.1) is 0 Å². The van der Waals surface area contributed by atoms with E-state index < -0.39 is 0 Å². The molecule has 0 spiro atoms. The third kappa shape index (κ3) is 14.0. The first kappa shape index (κ1) is 18.8. The van der Waals surface area contributed by atoms with Gasteiger partial charge in [-0.15, -0.1) is 0 Å². The van der Waals surface area contributed by atoms with Crippen LogP contribution in [0.4, 0.5) is 0 Å². The van der Waals surface area contributed by atoms with Gasteiger partial charge in [-0.25, -0.2) is 0 Å². The van der Waals surface area contributed by atoms with Gasteiger partial charge in [-0.3, -0.25) is 9.59 Å². The van der Waals surface area contributed by atoms with E-state index in [1.165, 1.54) is 0 Å². The predicted octanol–water partition coefficient (Wildman–Crippen LogP) is 2.24. The van der Waals surface area contributed by atoms with Gasteiger partial charge in [0.1, 0.15) is 5.78 Å². The average molecular weight is 306 g/mol. The van der Waals surface area contributed by atoms with Crippen LogP contribution >= 0.6 is 21.6 Å². The van der Waals surface area contributed by atoms with Gasteiger partial charge >= 0.3 is 0 Å². The zero-order valence-corrected chi connectivity index (χ0v) is 13.8. The molecule has 0 unspecified atom stereocenters. The summed E-state index contributed by atoms with van der Waals surface area (Å²) in [7, 11) is 3.59. The number of rotatable bonds is 12. The smallest absolute Gasteiger partial charge is 0.220 e. The highest BCUT2D eigenvalue weighted by Gasteiger charge is 2.04. The van der Waals surface area contributed by atoms with Gasteiger partial charge in [0.15, 0.2) is 0 Å². The number of carbonyl (C=O) groups excluding carboxylic acids is 2. The normalized spacial score (nSPS) is 10.7. The Labute approximate surface area is 124 Å². The molecule has 0 bridgehead atoms. The molecule has 0 aliphatic rings. The molecule has 0 heterocycles. The van der Waals surface area contributed by atoms with Gasteiger partial charge in [-0.05, 0) is 0 Å². The van der Waals surface area contributed by atoms with Crippen LogP contribution in [0.5, 0.6) is 0 Å².